The molecule has 3 heterocycles. The quantitative estimate of drug-likeness (QED) is 0.716. The van der Waals surface area contributed by atoms with Gasteiger partial charge in [0.2, 0.25) is 0 Å². The molecule has 0 saturated carbocycles. The maximum absolute atomic E-state index is 12.5. The standard InChI is InChI=1S/C17H18N6O/c24-17-15-4-2-1-3-14(15)11-20-23(17)13-21-7-9-22(10-8-21)16-12-18-5-6-19-16/h1-6,11-12H,7-10,13H2. The fourth-order valence-electron chi connectivity index (χ4n) is 2.99. The van der Waals surface area contributed by atoms with E-state index >= 15 is 0 Å². The Morgan fingerprint density at radius 1 is 1.00 bits per heavy atom. The molecule has 2 aromatic heterocycles. The molecule has 1 aliphatic heterocycles. The van der Waals surface area contributed by atoms with E-state index in [4.69, 9.17) is 0 Å². The lowest BCUT2D eigenvalue weighted by molar-refractivity contribution is 0.191. The molecule has 7 heteroatoms. The van der Waals surface area contributed by atoms with E-state index in [0.29, 0.717) is 12.1 Å². The first-order valence-electron chi connectivity index (χ1n) is 7.99. The Morgan fingerprint density at radius 2 is 1.83 bits per heavy atom. The van der Waals surface area contributed by atoms with Gasteiger partial charge in [-0.3, -0.25) is 14.7 Å². The number of hydrogen-bond acceptors (Lipinski definition) is 6. The van der Waals surface area contributed by atoms with Crippen LogP contribution in [0.1, 0.15) is 0 Å². The number of aromatic nitrogens is 4. The number of piperazine rings is 1. The molecule has 0 unspecified atom stereocenters. The van der Waals surface area contributed by atoms with Gasteiger partial charge in [0.1, 0.15) is 5.82 Å². The molecule has 4 rings (SSSR count). The van der Waals surface area contributed by atoms with Crippen LogP contribution in [0.15, 0.2) is 53.8 Å². The van der Waals surface area contributed by atoms with Crippen molar-refractivity contribution < 1.29 is 0 Å². The van der Waals surface area contributed by atoms with E-state index in [1.54, 1.807) is 29.5 Å². The van der Waals surface area contributed by atoms with Crippen LogP contribution in [-0.2, 0) is 6.67 Å². The van der Waals surface area contributed by atoms with Crippen molar-refractivity contribution in [3.05, 3.63) is 59.4 Å². The van der Waals surface area contributed by atoms with Crippen LogP contribution in [0.2, 0.25) is 0 Å². The van der Waals surface area contributed by atoms with E-state index in [9.17, 15) is 4.79 Å². The predicted octanol–water partition coefficient (Wildman–Crippen LogP) is 0.966. The van der Waals surface area contributed by atoms with Gasteiger partial charge in [-0.2, -0.15) is 5.10 Å². The molecule has 0 radical (unpaired) electrons. The smallest absolute Gasteiger partial charge is 0.275 e. The maximum atomic E-state index is 12.5. The third-order valence-corrected chi connectivity index (χ3v) is 4.34. The maximum Gasteiger partial charge on any atom is 0.275 e. The Bertz CT molecular complexity index is 886. The second-order valence-corrected chi connectivity index (χ2v) is 5.85. The summed E-state index contributed by atoms with van der Waals surface area (Å²) < 4.78 is 1.54. The van der Waals surface area contributed by atoms with Gasteiger partial charge in [0, 0.05) is 44.0 Å². The zero-order valence-corrected chi connectivity index (χ0v) is 13.2. The van der Waals surface area contributed by atoms with Gasteiger partial charge < -0.3 is 4.90 Å². The number of fused-ring (bicyclic) bond motifs is 1. The molecule has 0 bridgehead atoms. The van der Waals surface area contributed by atoms with Gasteiger partial charge in [0.25, 0.3) is 5.56 Å². The topological polar surface area (TPSA) is 67.2 Å². The fourth-order valence-corrected chi connectivity index (χ4v) is 2.99. The summed E-state index contributed by atoms with van der Waals surface area (Å²) in [7, 11) is 0. The molecule has 0 aliphatic carbocycles. The summed E-state index contributed by atoms with van der Waals surface area (Å²) in [5.74, 6) is 0.901. The van der Waals surface area contributed by atoms with Gasteiger partial charge in [-0.25, -0.2) is 9.67 Å². The van der Waals surface area contributed by atoms with Crippen molar-refractivity contribution in [3.8, 4) is 0 Å². The van der Waals surface area contributed by atoms with Gasteiger partial charge in [0.05, 0.1) is 24.4 Å². The van der Waals surface area contributed by atoms with E-state index in [2.05, 4.69) is 24.9 Å². The van der Waals surface area contributed by atoms with E-state index in [1.807, 2.05) is 24.3 Å². The lowest BCUT2D eigenvalue weighted by Crippen LogP contribution is -2.48. The molecule has 1 saturated heterocycles. The van der Waals surface area contributed by atoms with E-state index < -0.39 is 0 Å². The largest absolute Gasteiger partial charge is 0.353 e. The highest BCUT2D eigenvalue weighted by Crippen LogP contribution is 2.12. The van der Waals surface area contributed by atoms with Crippen molar-refractivity contribution in [2.24, 2.45) is 0 Å². The minimum absolute atomic E-state index is 0.0375. The van der Waals surface area contributed by atoms with Crippen LogP contribution in [0.5, 0.6) is 0 Å². The van der Waals surface area contributed by atoms with Gasteiger partial charge >= 0.3 is 0 Å². The Morgan fingerprint density at radius 3 is 2.62 bits per heavy atom. The molecule has 0 amide bonds. The molecule has 24 heavy (non-hydrogen) atoms. The van der Waals surface area contributed by atoms with E-state index in [-0.39, 0.29) is 5.56 Å². The Labute approximate surface area is 139 Å². The van der Waals surface area contributed by atoms with Crippen molar-refractivity contribution >= 4 is 16.6 Å². The summed E-state index contributed by atoms with van der Waals surface area (Å²) >= 11 is 0. The van der Waals surface area contributed by atoms with Crippen molar-refractivity contribution in [2.75, 3.05) is 31.1 Å². The van der Waals surface area contributed by atoms with Crippen molar-refractivity contribution in [3.63, 3.8) is 0 Å². The Balaban J connectivity index is 1.46. The van der Waals surface area contributed by atoms with Crippen LogP contribution in [0.4, 0.5) is 5.82 Å². The number of nitrogens with zero attached hydrogens (tertiary/aromatic N) is 6. The first-order chi connectivity index (χ1) is 11.8. The molecule has 1 aliphatic rings. The minimum atomic E-state index is -0.0375. The number of benzene rings is 1. The summed E-state index contributed by atoms with van der Waals surface area (Å²) in [6.45, 7) is 3.95. The average Bonchev–Trinajstić information content (AvgIpc) is 2.66. The van der Waals surface area contributed by atoms with Crippen molar-refractivity contribution in [2.45, 2.75) is 6.67 Å². The third-order valence-electron chi connectivity index (χ3n) is 4.34. The highest BCUT2D eigenvalue weighted by molar-refractivity contribution is 5.80. The van der Waals surface area contributed by atoms with Gasteiger partial charge in [0.15, 0.2) is 0 Å². The van der Waals surface area contributed by atoms with Gasteiger partial charge in [-0.1, -0.05) is 18.2 Å². The van der Waals surface area contributed by atoms with Crippen molar-refractivity contribution in [1.29, 1.82) is 0 Å². The number of rotatable bonds is 3. The average molecular weight is 322 g/mol. The third kappa shape index (κ3) is 2.85. The summed E-state index contributed by atoms with van der Waals surface area (Å²) in [6.07, 6.45) is 6.93. The highest BCUT2D eigenvalue weighted by Gasteiger charge is 2.19. The van der Waals surface area contributed by atoms with Crippen LogP contribution in [0.25, 0.3) is 10.8 Å². The predicted molar refractivity (Wildman–Crippen MR) is 91.8 cm³/mol. The molecule has 1 fully saturated rings. The van der Waals surface area contributed by atoms with Gasteiger partial charge in [-0.05, 0) is 6.07 Å². The van der Waals surface area contributed by atoms with E-state index in [1.165, 1.54) is 0 Å². The lowest BCUT2D eigenvalue weighted by atomic mass is 10.2. The van der Waals surface area contributed by atoms with E-state index in [0.717, 1.165) is 37.4 Å². The van der Waals surface area contributed by atoms with Crippen LogP contribution in [-0.4, -0.2) is 50.8 Å². The SMILES string of the molecule is O=c1c2ccccc2cnn1CN1CCN(c2cnccn2)CC1. The number of hydrogen-bond donors (Lipinski definition) is 0. The minimum Gasteiger partial charge on any atom is -0.353 e. The molecular formula is C17H18N6O. The lowest BCUT2D eigenvalue weighted by Gasteiger charge is -2.35. The highest BCUT2D eigenvalue weighted by atomic mass is 16.1. The molecule has 3 aromatic rings. The molecule has 7 nitrogen and oxygen atoms in total. The van der Waals surface area contributed by atoms with Crippen LogP contribution >= 0.6 is 0 Å². The first-order valence-corrected chi connectivity index (χ1v) is 7.99. The summed E-state index contributed by atoms with van der Waals surface area (Å²) in [6, 6.07) is 7.56. The molecule has 0 spiro atoms. The summed E-state index contributed by atoms with van der Waals surface area (Å²) in [5, 5.41) is 5.90. The van der Waals surface area contributed by atoms with Crippen LogP contribution in [0.3, 0.4) is 0 Å². The van der Waals surface area contributed by atoms with Crippen molar-refractivity contribution in [1.82, 2.24) is 24.6 Å². The Hall–Kier alpha value is -2.80. The monoisotopic (exact) mass is 322 g/mol. The summed E-state index contributed by atoms with van der Waals surface area (Å²) in [5.41, 5.74) is -0.0375. The molecule has 122 valence electrons. The summed E-state index contributed by atoms with van der Waals surface area (Å²) in [4.78, 5) is 25.4. The van der Waals surface area contributed by atoms with Crippen LogP contribution in [0, 0.1) is 0 Å². The molecule has 0 atom stereocenters. The second-order valence-electron chi connectivity index (χ2n) is 5.85. The zero-order chi connectivity index (χ0) is 16.4. The first kappa shape index (κ1) is 14.8. The number of anilines is 1. The zero-order valence-electron chi connectivity index (χ0n) is 13.2. The van der Waals surface area contributed by atoms with Crippen LogP contribution < -0.4 is 10.5 Å². The second kappa shape index (κ2) is 6.37. The molecule has 1 aromatic carbocycles. The normalized spacial score (nSPS) is 15.8. The fraction of sp³-hybridized carbons (Fsp3) is 0.294. The van der Waals surface area contributed by atoms with Gasteiger partial charge in [-0.15, -0.1) is 0 Å². The Kier molecular flexibility index (Phi) is 3.92. The molecular weight excluding hydrogens is 304 g/mol. The molecule has 0 N–H and O–H groups in total.